The van der Waals surface area contributed by atoms with Gasteiger partial charge in [0.1, 0.15) is 5.75 Å². The van der Waals surface area contributed by atoms with Crippen LogP contribution in [0, 0.1) is 0 Å². The number of hydrogen-bond donors (Lipinski definition) is 0. The Bertz CT molecular complexity index is 821. The summed E-state index contributed by atoms with van der Waals surface area (Å²) in [4.78, 5) is 27.2. The second kappa shape index (κ2) is 7.34. The Kier molecular flexibility index (Phi) is 4.98. The minimum atomic E-state index is -0.182. The number of amides is 1. The molecule has 1 aliphatic rings. The molecule has 0 saturated carbocycles. The van der Waals surface area contributed by atoms with Gasteiger partial charge in [0.05, 0.1) is 18.4 Å². The number of nitrogens with zero attached hydrogens (tertiary/aromatic N) is 1. The van der Waals surface area contributed by atoms with Crippen LogP contribution in [0.5, 0.6) is 5.75 Å². The smallest absolute Gasteiger partial charge is 0.259 e. The second-order valence-electron chi connectivity index (χ2n) is 5.98. The molecular weight excluding hydrogens is 314 g/mol. The number of fused-ring (bicyclic) bond motifs is 1. The van der Waals surface area contributed by atoms with Gasteiger partial charge in [-0.1, -0.05) is 31.5 Å². The quantitative estimate of drug-likeness (QED) is 0.589. The van der Waals surface area contributed by atoms with Crippen molar-refractivity contribution in [1.29, 1.82) is 0 Å². The fourth-order valence-electron chi connectivity index (χ4n) is 2.95. The van der Waals surface area contributed by atoms with Gasteiger partial charge in [-0.15, -0.1) is 0 Å². The van der Waals surface area contributed by atoms with Crippen molar-refractivity contribution in [3.05, 3.63) is 65.7 Å². The fraction of sp³-hybridized carbons (Fsp3) is 0.238. The van der Waals surface area contributed by atoms with Crippen molar-refractivity contribution >= 4 is 23.0 Å². The molecule has 2 aromatic rings. The van der Waals surface area contributed by atoms with Crippen LogP contribution in [-0.2, 0) is 4.79 Å². The summed E-state index contributed by atoms with van der Waals surface area (Å²) in [6.45, 7) is 2.76. The number of para-hydroxylation sites is 1. The number of allylic oxidation sites excluding steroid dienone is 1. The molecular formula is C21H21NO3. The van der Waals surface area contributed by atoms with E-state index in [9.17, 15) is 9.59 Å². The SMILES string of the molecule is CCCCN1C(=O)C(=CC(=O)c2ccc(OC)cc2)c2ccccc21. The Morgan fingerprint density at radius 3 is 2.52 bits per heavy atom. The first-order valence-corrected chi connectivity index (χ1v) is 8.47. The number of ether oxygens (including phenoxy) is 1. The molecule has 0 radical (unpaired) electrons. The molecule has 1 heterocycles. The molecule has 0 atom stereocenters. The molecule has 0 unspecified atom stereocenters. The van der Waals surface area contributed by atoms with Gasteiger partial charge in [0.15, 0.2) is 5.78 Å². The molecule has 0 spiro atoms. The summed E-state index contributed by atoms with van der Waals surface area (Å²) in [5, 5.41) is 0. The lowest BCUT2D eigenvalue weighted by molar-refractivity contribution is -0.113. The van der Waals surface area contributed by atoms with Gasteiger partial charge < -0.3 is 9.64 Å². The number of benzene rings is 2. The van der Waals surface area contributed by atoms with Crippen LogP contribution in [0.15, 0.2) is 54.6 Å². The Morgan fingerprint density at radius 1 is 1.12 bits per heavy atom. The summed E-state index contributed by atoms with van der Waals surface area (Å²) in [5.74, 6) is 0.409. The molecule has 0 saturated heterocycles. The number of ketones is 1. The molecule has 4 nitrogen and oxygen atoms in total. The van der Waals surface area contributed by atoms with Crippen molar-refractivity contribution in [3.8, 4) is 5.75 Å². The molecule has 128 valence electrons. The number of rotatable bonds is 6. The summed E-state index contributed by atoms with van der Waals surface area (Å²) in [7, 11) is 1.58. The van der Waals surface area contributed by atoms with Gasteiger partial charge in [0.25, 0.3) is 5.91 Å². The van der Waals surface area contributed by atoms with E-state index in [1.807, 2.05) is 24.3 Å². The van der Waals surface area contributed by atoms with E-state index >= 15 is 0 Å². The molecule has 25 heavy (non-hydrogen) atoms. The molecule has 1 amide bonds. The van der Waals surface area contributed by atoms with Crippen LogP contribution in [0.4, 0.5) is 5.69 Å². The Labute approximate surface area is 147 Å². The van der Waals surface area contributed by atoms with E-state index in [2.05, 4.69) is 6.92 Å². The van der Waals surface area contributed by atoms with E-state index < -0.39 is 0 Å². The van der Waals surface area contributed by atoms with Crippen LogP contribution in [-0.4, -0.2) is 25.3 Å². The largest absolute Gasteiger partial charge is 0.497 e. The van der Waals surface area contributed by atoms with Crippen molar-refractivity contribution < 1.29 is 14.3 Å². The Morgan fingerprint density at radius 2 is 1.84 bits per heavy atom. The zero-order valence-electron chi connectivity index (χ0n) is 14.5. The predicted molar refractivity (Wildman–Crippen MR) is 99.0 cm³/mol. The van der Waals surface area contributed by atoms with Crippen LogP contribution in [0.25, 0.3) is 5.57 Å². The zero-order valence-corrected chi connectivity index (χ0v) is 14.5. The van der Waals surface area contributed by atoms with Gasteiger partial charge in [-0.05, 0) is 42.8 Å². The first-order chi connectivity index (χ1) is 12.2. The van der Waals surface area contributed by atoms with Crippen molar-refractivity contribution in [2.24, 2.45) is 0 Å². The van der Waals surface area contributed by atoms with Crippen LogP contribution in [0.2, 0.25) is 0 Å². The number of anilines is 1. The molecule has 0 aromatic heterocycles. The summed E-state index contributed by atoms with van der Waals surface area (Å²) >= 11 is 0. The number of carbonyl (C=O) groups excluding carboxylic acids is 2. The lowest BCUT2D eigenvalue weighted by Gasteiger charge is -2.16. The van der Waals surface area contributed by atoms with Crippen molar-refractivity contribution in [2.75, 3.05) is 18.6 Å². The molecule has 3 rings (SSSR count). The first-order valence-electron chi connectivity index (χ1n) is 8.47. The van der Waals surface area contributed by atoms with Gasteiger partial charge >= 0.3 is 0 Å². The second-order valence-corrected chi connectivity index (χ2v) is 5.98. The minimum Gasteiger partial charge on any atom is -0.497 e. The fourth-order valence-corrected chi connectivity index (χ4v) is 2.95. The molecule has 0 aliphatic carbocycles. The third kappa shape index (κ3) is 3.33. The van der Waals surface area contributed by atoms with Crippen molar-refractivity contribution in [2.45, 2.75) is 19.8 Å². The molecule has 0 fully saturated rings. The monoisotopic (exact) mass is 335 g/mol. The van der Waals surface area contributed by atoms with E-state index in [0.29, 0.717) is 23.4 Å². The van der Waals surface area contributed by atoms with E-state index in [4.69, 9.17) is 4.74 Å². The summed E-state index contributed by atoms with van der Waals surface area (Å²) in [6, 6.07) is 14.5. The van der Waals surface area contributed by atoms with Gasteiger partial charge in [-0.25, -0.2) is 0 Å². The lowest BCUT2D eigenvalue weighted by Crippen LogP contribution is -2.27. The average Bonchev–Trinajstić information content (AvgIpc) is 2.91. The van der Waals surface area contributed by atoms with Gasteiger partial charge in [0, 0.05) is 17.7 Å². The van der Waals surface area contributed by atoms with Crippen LogP contribution in [0.3, 0.4) is 0 Å². The van der Waals surface area contributed by atoms with Crippen LogP contribution in [0.1, 0.15) is 35.7 Å². The zero-order chi connectivity index (χ0) is 17.8. The number of methoxy groups -OCH3 is 1. The van der Waals surface area contributed by atoms with Crippen molar-refractivity contribution in [3.63, 3.8) is 0 Å². The number of hydrogen-bond acceptors (Lipinski definition) is 3. The van der Waals surface area contributed by atoms with Gasteiger partial charge in [-0.3, -0.25) is 9.59 Å². The molecule has 1 aliphatic heterocycles. The maximum Gasteiger partial charge on any atom is 0.259 e. The summed E-state index contributed by atoms with van der Waals surface area (Å²) < 4.78 is 5.11. The normalized spacial score (nSPS) is 14.7. The molecule has 2 aromatic carbocycles. The maximum atomic E-state index is 12.8. The van der Waals surface area contributed by atoms with Crippen LogP contribution < -0.4 is 9.64 Å². The van der Waals surface area contributed by atoms with Crippen molar-refractivity contribution in [1.82, 2.24) is 0 Å². The number of carbonyl (C=O) groups is 2. The first kappa shape index (κ1) is 17.0. The predicted octanol–water partition coefficient (Wildman–Crippen LogP) is 4.11. The van der Waals surface area contributed by atoms with E-state index in [1.165, 1.54) is 6.08 Å². The third-order valence-corrected chi connectivity index (χ3v) is 4.35. The minimum absolute atomic E-state index is 0.100. The molecule has 0 N–H and O–H groups in total. The molecule has 0 bridgehead atoms. The highest BCUT2D eigenvalue weighted by Gasteiger charge is 2.32. The van der Waals surface area contributed by atoms with E-state index in [-0.39, 0.29) is 11.7 Å². The summed E-state index contributed by atoms with van der Waals surface area (Å²) in [5.41, 5.74) is 2.71. The van der Waals surface area contributed by atoms with Crippen LogP contribution >= 0.6 is 0 Å². The lowest BCUT2D eigenvalue weighted by atomic mass is 10.0. The summed E-state index contributed by atoms with van der Waals surface area (Å²) in [6.07, 6.45) is 3.39. The van der Waals surface area contributed by atoms with E-state index in [1.54, 1.807) is 36.3 Å². The topological polar surface area (TPSA) is 46.6 Å². The highest BCUT2D eigenvalue weighted by molar-refractivity contribution is 6.35. The highest BCUT2D eigenvalue weighted by Crippen LogP contribution is 2.36. The van der Waals surface area contributed by atoms with Gasteiger partial charge in [-0.2, -0.15) is 0 Å². The van der Waals surface area contributed by atoms with E-state index in [0.717, 1.165) is 24.1 Å². The maximum absolute atomic E-state index is 12.8. The Balaban J connectivity index is 1.93. The average molecular weight is 335 g/mol. The molecule has 4 heteroatoms. The highest BCUT2D eigenvalue weighted by atomic mass is 16.5. The third-order valence-electron chi connectivity index (χ3n) is 4.35. The standard InChI is InChI=1S/C21H21NO3/c1-3-4-13-22-19-8-6-5-7-17(19)18(21(22)24)14-20(23)15-9-11-16(25-2)12-10-15/h5-12,14H,3-4,13H2,1-2H3. The number of unbranched alkanes of at least 4 members (excludes halogenated alkanes) is 1. The van der Waals surface area contributed by atoms with Gasteiger partial charge in [0.2, 0.25) is 0 Å². The Hall–Kier alpha value is -2.88.